The summed E-state index contributed by atoms with van der Waals surface area (Å²) in [4.78, 5) is 11.4. The summed E-state index contributed by atoms with van der Waals surface area (Å²) in [7, 11) is 0. The van der Waals surface area contributed by atoms with E-state index in [2.05, 4.69) is 20.1 Å². The Morgan fingerprint density at radius 1 is 1.43 bits per heavy atom. The number of hydrogen-bond donors (Lipinski definition) is 1. The summed E-state index contributed by atoms with van der Waals surface area (Å²) < 4.78 is 25.9. The van der Waals surface area contributed by atoms with Gasteiger partial charge < -0.3 is 4.98 Å². The Hall–Kier alpha value is -2.57. The molecule has 0 aromatic carbocycles. The van der Waals surface area contributed by atoms with Crippen molar-refractivity contribution in [3.05, 3.63) is 43.1 Å². The van der Waals surface area contributed by atoms with E-state index in [0.29, 0.717) is 0 Å². The molecule has 0 spiro atoms. The molecule has 3 heterocycles. The first-order valence-corrected chi connectivity index (χ1v) is 6.49. The molecule has 0 aliphatic carbocycles. The molecule has 1 atom stereocenters. The first-order chi connectivity index (χ1) is 10.1. The van der Waals surface area contributed by atoms with E-state index in [9.17, 15) is 8.78 Å². The zero-order chi connectivity index (χ0) is 14.8. The van der Waals surface area contributed by atoms with E-state index >= 15 is 0 Å². The van der Waals surface area contributed by atoms with Crippen molar-refractivity contribution in [2.45, 2.75) is 19.4 Å². The van der Waals surface area contributed by atoms with Gasteiger partial charge in [-0.1, -0.05) is 0 Å². The number of fused-ring (bicyclic) bond motifs is 1. The molecular weight excluding hydrogens is 276 g/mol. The lowest BCUT2D eigenvalue weighted by Crippen LogP contribution is -2.04. The number of allylic oxidation sites excluding steroid dienone is 1. The van der Waals surface area contributed by atoms with Gasteiger partial charge in [0.25, 0.3) is 6.08 Å². The number of halogens is 2. The van der Waals surface area contributed by atoms with Gasteiger partial charge in [0.05, 0.1) is 17.9 Å². The minimum Gasteiger partial charge on any atom is -0.346 e. The highest BCUT2D eigenvalue weighted by Gasteiger charge is 2.11. The predicted molar refractivity (Wildman–Crippen MR) is 74.7 cm³/mol. The molecule has 1 N–H and O–H groups in total. The number of nitrogens with zero attached hydrogens (tertiary/aromatic N) is 4. The first kappa shape index (κ1) is 13.4. The van der Waals surface area contributed by atoms with Crippen LogP contribution < -0.4 is 0 Å². The van der Waals surface area contributed by atoms with Gasteiger partial charge in [0, 0.05) is 23.3 Å². The highest BCUT2D eigenvalue weighted by molar-refractivity contribution is 5.89. The smallest absolute Gasteiger partial charge is 0.266 e. The number of H-pyrrole nitrogens is 1. The van der Waals surface area contributed by atoms with E-state index in [-0.39, 0.29) is 12.5 Å². The summed E-state index contributed by atoms with van der Waals surface area (Å²) in [5.41, 5.74) is 2.36. The van der Waals surface area contributed by atoms with Gasteiger partial charge in [0.1, 0.15) is 12.0 Å². The zero-order valence-electron chi connectivity index (χ0n) is 11.3. The van der Waals surface area contributed by atoms with Crippen LogP contribution in [0, 0.1) is 0 Å². The molecule has 3 aromatic heterocycles. The Bertz CT molecular complexity index is 785. The van der Waals surface area contributed by atoms with Crippen LogP contribution in [0.3, 0.4) is 0 Å². The van der Waals surface area contributed by atoms with Gasteiger partial charge in [0.2, 0.25) is 0 Å². The second kappa shape index (κ2) is 5.43. The van der Waals surface area contributed by atoms with Crippen molar-refractivity contribution < 1.29 is 8.78 Å². The Morgan fingerprint density at radius 3 is 3.10 bits per heavy atom. The van der Waals surface area contributed by atoms with E-state index in [1.807, 2.05) is 19.2 Å². The maximum atomic E-state index is 12.1. The second-order valence-electron chi connectivity index (χ2n) is 4.75. The average Bonchev–Trinajstić information content (AvgIpc) is 3.12. The Labute approximate surface area is 119 Å². The van der Waals surface area contributed by atoms with Gasteiger partial charge in [-0.05, 0) is 25.5 Å². The highest BCUT2D eigenvalue weighted by Crippen LogP contribution is 2.25. The van der Waals surface area contributed by atoms with Crippen molar-refractivity contribution in [2.75, 3.05) is 0 Å². The van der Waals surface area contributed by atoms with Gasteiger partial charge in [0.15, 0.2) is 0 Å². The van der Waals surface area contributed by atoms with E-state index < -0.39 is 6.08 Å². The fourth-order valence-electron chi connectivity index (χ4n) is 2.17. The Morgan fingerprint density at radius 2 is 2.29 bits per heavy atom. The van der Waals surface area contributed by atoms with Crippen molar-refractivity contribution in [1.29, 1.82) is 0 Å². The number of rotatable bonds is 4. The zero-order valence-corrected chi connectivity index (χ0v) is 11.3. The lowest BCUT2D eigenvalue weighted by molar-refractivity contribution is 0.408. The maximum absolute atomic E-state index is 12.1. The molecule has 0 radical (unpaired) electrons. The minimum atomic E-state index is -1.67. The normalized spacial score (nSPS) is 12.5. The molecule has 0 fully saturated rings. The molecule has 0 aliphatic heterocycles. The lowest BCUT2D eigenvalue weighted by Gasteiger charge is -2.08. The highest BCUT2D eigenvalue weighted by atomic mass is 19.3. The summed E-state index contributed by atoms with van der Waals surface area (Å²) in [6.45, 7) is 1.84. The molecule has 108 valence electrons. The number of nitrogens with one attached hydrogen (secondary N) is 1. The van der Waals surface area contributed by atoms with E-state index in [1.54, 1.807) is 17.1 Å². The largest absolute Gasteiger partial charge is 0.346 e. The Kier molecular flexibility index (Phi) is 3.47. The van der Waals surface area contributed by atoms with Gasteiger partial charge in [-0.2, -0.15) is 13.9 Å². The molecule has 3 rings (SSSR count). The topological polar surface area (TPSA) is 59.4 Å². The van der Waals surface area contributed by atoms with Crippen LogP contribution in [0.15, 0.2) is 43.1 Å². The molecule has 5 nitrogen and oxygen atoms in total. The fraction of sp³-hybridized carbons (Fsp3) is 0.214. The fourth-order valence-corrected chi connectivity index (χ4v) is 2.17. The maximum Gasteiger partial charge on any atom is 0.266 e. The van der Waals surface area contributed by atoms with Crippen molar-refractivity contribution in [2.24, 2.45) is 0 Å². The van der Waals surface area contributed by atoms with Crippen LogP contribution in [0.5, 0.6) is 0 Å². The summed E-state index contributed by atoms with van der Waals surface area (Å²) >= 11 is 0. The molecule has 7 heteroatoms. The molecule has 21 heavy (non-hydrogen) atoms. The minimum absolute atomic E-state index is 0.149. The van der Waals surface area contributed by atoms with Crippen molar-refractivity contribution in [3.8, 4) is 11.3 Å². The lowest BCUT2D eigenvalue weighted by atomic mass is 10.2. The summed E-state index contributed by atoms with van der Waals surface area (Å²) in [6.07, 6.45) is 6.23. The van der Waals surface area contributed by atoms with Crippen LogP contribution in [-0.4, -0.2) is 24.7 Å². The van der Waals surface area contributed by atoms with Crippen LogP contribution in [0.1, 0.15) is 19.4 Å². The summed E-state index contributed by atoms with van der Waals surface area (Å²) in [5, 5.41) is 5.14. The molecule has 0 amide bonds. The van der Waals surface area contributed by atoms with Crippen LogP contribution in [-0.2, 0) is 0 Å². The summed E-state index contributed by atoms with van der Waals surface area (Å²) in [6, 6.07) is 1.75. The second-order valence-corrected chi connectivity index (χ2v) is 4.75. The van der Waals surface area contributed by atoms with Gasteiger partial charge in [-0.3, -0.25) is 4.68 Å². The van der Waals surface area contributed by atoms with Crippen LogP contribution >= 0.6 is 0 Å². The Balaban J connectivity index is 1.91. The standard InChI is InChI=1S/C14H13F2N5/c1-9(2-3-12(15)16)21-7-10(6-20-21)13-11-4-5-17-14(11)19-8-18-13/h3-9H,2H2,1H3,(H,17,18,19). The molecule has 0 bridgehead atoms. The van der Waals surface area contributed by atoms with Crippen LogP contribution in [0.25, 0.3) is 22.3 Å². The van der Waals surface area contributed by atoms with Crippen molar-refractivity contribution in [3.63, 3.8) is 0 Å². The van der Waals surface area contributed by atoms with Gasteiger partial charge >= 0.3 is 0 Å². The van der Waals surface area contributed by atoms with Crippen LogP contribution in [0.2, 0.25) is 0 Å². The van der Waals surface area contributed by atoms with Crippen molar-refractivity contribution in [1.82, 2.24) is 24.7 Å². The third-order valence-corrected chi connectivity index (χ3v) is 3.29. The van der Waals surface area contributed by atoms with Crippen LogP contribution in [0.4, 0.5) is 8.78 Å². The third-order valence-electron chi connectivity index (χ3n) is 3.29. The first-order valence-electron chi connectivity index (χ1n) is 6.49. The number of aromatic amines is 1. The van der Waals surface area contributed by atoms with Gasteiger partial charge in [-0.15, -0.1) is 0 Å². The number of aromatic nitrogens is 5. The third kappa shape index (κ3) is 2.67. The monoisotopic (exact) mass is 289 g/mol. The quantitative estimate of drug-likeness (QED) is 0.799. The SMILES string of the molecule is CC(CC=C(F)F)n1cc(-c2ncnc3[nH]ccc23)cn1. The van der Waals surface area contributed by atoms with Gasteiger partial charge in [-0.25, -0.2) is 9.97 Å². The molecule has 1 unspecified atom stereocenters. The average molecular weight is 289 g/mol. The van der Waals surface area contributed by atoms with E-state index in [4.69, 9.17) is 0 Å². The predicted octanol–water partition coefficient (Wildman–Crippen LogP) is 3.55. The summed E-state index contributed by atoms with van der Waals surface area (Å²) in [5.74, 6) is 0. The van der Waals surface area contributed by atoms with E-state index in [0.717, 1.165) is 28.4 Å². The van der Waals surface area contributed by atoms with Crippen molar-refractivity contribution >= 4 is 11.0 Å². The molecular formula is C14H13F2N5. The molecule has 0 aliphatic rings. The molecule has 0 saturated carbocycles. The van der Waals surface area contributed by atoms with E-state index in [1.165, 1.54) is 6.33 Å². The molecule has 3 aromatic rings. The molecule has 0 saturated heterocycles. The number of hydrogen-bond acceptors (Lipinski definition) is 3.